The van der Waals surface area contributed by atoms with Crippen LogP contribution in [0, 0.1) is 0 Å². The Morgan fingerprint density at radius 2 is 2.33 bits per heavy atom. The first kappa shape index (κ1) is 12.3. The van der Waals surface area contributed by atoms with Crippen LogP contribution in [0.4, 0.5) is 0 Å². The molecule has 0 fully saturated rings. The summed E-state index contributed by atoms with van der Waals surface area (Å²) in [5.41, 5.74) is 6.75. The Kier molecular flexibility index (Phi) is 3.38. The summed E-state index contributed by atoms with van der Waals surface area (Å²) in [6, 6.07) is 5.11. The fraction of sp³-hybridized carbons (Fsp3) is 0.0909. The summed E-state index contributed by atoms with van der Waals surface area (Å²) in [7, 11) is 1.55. The molecule has 0 saturated carbocycles. The van der Waals surface area contributed by atoms with Crippen molar-refractivity contribution in [2.45, 2.75) is 0 Å². The van der Waals surface area contributed by atoms with Gasteiger partial charge in [-0.05, 0) is 12.1 Å². The van der Waals surface area contributed by atoms with Gasteiger partial charge in [0.15, 0.2) is 5.84 Å². The number of benzene rings is 1. The Bertz CT molecular complexity index is 594. The van der Waals surface area contributed by atoms with Crippen LogP contribution in [0.5, 0.6) is 5.75 Å². The van der Waals surface area contributed by atoms with Gasteiger partial charge < -0.3 is 15.7 Å². The van der Waals surface area contributed by atoms with E-state index in [-0.39, 0.29) is 5.84 Å². The Morgan fingerprint density at radius 1 is 1.56 bits per heavy atom. The Labute approximate surface area is 108 Å². The normalized spacial score (nSPS) is 11.6. The van der Waals surface area contributed by atoms with Crippen LogP contribution in [0.1, 0.15) is 5.56 Å². The van der Waals surface area contributed by atoms with Gasteiger partial charge in [-0.15, -0.1) is 0 Å². The lowest BCUT2D eigenvalue weighted by Gasteiger charge is -2.10. The minimum Gasteiger partial charge on any atom is -0.497 e. The summed E-state index contributed by atoms with van der Waals surface area (Å²) in [5, 5.41) is 16.3. The summed E-state index contributed by atoms with van der Waals surface area (Å²) in [6.07, 6.45) is 3.11. The smallest absolute Gasteiger partial charge is 0.172 e. The molecule has 0 atom stereocenters. The lowest BCUT2D eigenvalue weighted by molar-refractivity contribution is 0.318. The summed E-state index contributed by atoms with van der Waals surface area (Å²) in [4.78, 5) is 0. The van der Waals surface area contributed by atoms with E-state index >= 15 is 0 Å². The number of halogens is 1. The lowest BCUT2D eigenvalue weighted by Crippen LogP contribution is -2.16. The first-order valence-electron chi connectivity index (χ1n) is 5.02. The van der Waals surface area contributed by atoms with Gasteiger partial charge in [-0.25, -0.2) is 4.68 Å². The number of rotatable bonds is 3. The number of ether oxygens (including phenoxy) is 1. The predicted octanol–water partition coefficient (Wildman–Crippen LogP) is 1.63. The molecule has 6 nitrogen and oxygen atoms in total. The molecule has 0 aliphatic heterocycles. The fourth-order valence-electron chi connectivity index (χ4n) is 1.53. The highest BCUT2D eigenvalue weighted by Crippen LogP contribution is 2.22. The number of hydrogen-bond donors (Lipinski definition) is 2. The van der Waals surface area contributed by atoms with Crippen LogP contribution < -0.4 is 10.5 Å². The topological polar surface area (TPSA) is 85.7 Å². The maximum Gasteiger partial charge on any atom is 0.172 e. The van der Waals surface area contributed by atoms with E-state index in [0.29, 0.717) is 22.0 Å². The second-order valence-corrected chi connectivity index (χ2v) is 3.91. The van der Waals surface area contributed by atoms with Crippen molar-refractivity contribution in [1.29, 1.82) is 0 Å². The van der Waals surface area contributed by atoms with Crippen molar-refractivity contribution in [1.82, 2.24) is 9.78 Å². The molecular weight excluding hydrogens is 256 g/mol. The zero-order chi connectivity index (χ0) is 13.1. The molecule has 0 unspecified atom stereocenters. The molecule has 1 aromatic carbocycles. The second-order valence-electron chi connectivity index (χ2n) is 3.47. The van der Waals surface area contributed by atoms with E-state index in [1.807, 2.05) is 0 Å². The Morgan fingerprint density at radius 3 is 2.89 bits per heavy atom. The van der Waals surface area contributed by atoms with Crippen molar-refractivity contribution in [3.05, 3.63) is 41.2 Å². The highest BCUT2D eigenvalue weighted by molar-refractivity contribution is 6.30. The zero-order valence-corrected chi connectivity index (χ0v) is 10.3. The summed E-state index contributed by atoms with van der Waals surface area (Å²) in [6.45, 7) is 0. The number of nitrogens with zero attached hydrogens (tertiary/aromatic N) is 3. The van der Waals surface area contributed by atoms with Crippen LogP contribution in [0.15, 0.2) is 35.7 Å². The van der Waals surface area contributed by atoms with Gasteiger partial charge in [0, 0.05) is 17.8 Å². The van der Waals surface area contributed by atoms with E-state index in [1.165, 1.54) is 10.9 Å². The van der Waals surface area contributed by atoms with Crippen molar-refractivity contribution >= 4 is 17.4 Å². The number of hydrogen-bond acceptors (Lipinski definition) is 4. The summed E-state index contributed by atoms with van der Waals surface area (Å²) in [5.74, 6) is 0.616. The van der Waals surface area contributed by atoms with Crippen molar-refractivity contribution in [2.24, 2.45) is 10.9 Å². The molecule has 0 bridgehead atoms. The number of aromatic nitrogens is 2. The van der Waals surface area contributed by atoms with Gasteiger partial charge in [0.25, 0.3) is 0 Å². The Balaban J connectivity index is 2.61. The van der Waals surface area contributed by atoms with Crippen LogP contribution in [0.25, 0.3) is 5.69 Å². The third-order valence-electron chi connectivity index (χ3n) is 2.39. The van der Waals surface area contributed by atoms with Crippen LogP contribution in [-0.2, 0) is 0 Å². The van der Waals surface area contributed by atoms with Crippen molar-refractivity contribution in [3.8, 4) is 11.4 Å². The second kappa shape index (κ2) is 4.97. The molecule has 2 rings (SSSR count). The maximum atomic E-state index is 8.77. The molecule has 0 spiro atoms. The number of oxime groups is 1. The summed E-state index contributed by atoms with van der Waals surface area (Å²) < 4.78 is 6.66. The SMILES string of the molecule is COc1ccc(/C(N)=N/O)c(-n2cc(Cl)cn2)c1. The highest BCUT2D eigenvalue weighted by Gasteiger charge is 2.11. The minimum atomic E-state index is -0.0146. The molecule has 3 N–H and O–H groups in total. The van der Waals surface area contributed by atoms with Crippen molar-refractivity contribution in [3.63, 3.8) is 0 Å². The van der Waals surface area contributed by atoms with E-state index in [0.717, 1.165) is 0 Å². The van der Waals surface area contributed by atoms with Gasteiger partial charge in [-0.3, -0.25) is 0 Å². The number of amidine groups is 1. The molecule has 0 amide bonds. The van der Waals surface area contributed by atoms with Crippen LogP contribution in [0.3, 0.4) is 0 Å². The first-order chi connectivity index (χ1) is 8.65. The molecule has 0 aliphatic carbocycles. The van der Waals surface area contributed by atoms with Gasteiger partial charge in [-0.2, -0.15) is 5.10 Å². The van der Waals surface area contributed by atoms with Gasteiger partial charge in [0.05, 0.1) is 24.0 Å². The van der Waals surface area contributed by atoms with Gasteiger partial charge in [0.1, 0.15) is 5.75 Å². The van der Waals surface area contributed by atoms with Crippen LogP contribution >= 0.6 is 11.6 Å². The molecule has 2 aromatic rings. The first-order valence-corrected chi connectivity index (χ1v) is 5.40. The Hall–Kier alpha value is -2.21. The molecule has 7 heteroatoms. The third kappa shape index (κ3) is 2.23. The molecular formula is C11H11ClN4O2. The van der Waals surface area contributed by atoms with Gasteiger partial charge >= 0.3 is 0 Å². The van der Waals surface area contributed by atoms with Gasteiger partial charge in [-0.1, -0.05) is 16.8 Å². The zero-order valence-electron chi connectivity index (χ0n) is 9.54. The van der Waals surface area contributed by atoms with E-state index in [1.54, 1.807) is 31.5 Å². The molecule has 0 saturated heterocycles. The fourth-order valence-corrected chi connectivity index (χ4v) is 1.67. The monoisotopic (exact) mass is 266 g/mol. The lowest BCUT2D eigenvalue weighted by atomic mass is 10.1. The quantitative estimate of drug-likeness (QED) is 0.383. The average molecular weight is 267 g/mol. The predicted molar refractivity (Wildman–Crippen MR) is 67.6 cm³/mol. The maximum absolute atomic E-state index is 8.77. The van der Waals surface area contributed by atoms with Crippen LogP contribution in [0.2, 0.25) is 5.02 Å². The van der Waals surface area contributed by atoms with E-state index in [2.05, 4.69) is 10.3 Å². The van der Waals surface area contributed by atoms with Crippen LogP contribution in [-0.4, -0.2) is 27.9 Å². The largest absolute Gasteiger partial charge is 0.497 e. The highest BCUT2D eigenvalue weighted by atomic mass is 35.5. The van der Waals surface area contributed by atoms with E-state index in [4.69, 9.17) is 27.3 Å². The third-order valence-corrected chi connectivity index (χ3v) is 2.58. The molecule has 0 radical (unpaired) electrons. The van der Waals surface area contributed by atoms with E-state index in [9.17, 15) is 0 Å². The summed E-state index contributed by atoms with van der Waals surface area (Å²) >= 11 is 5.82. The molecule has 18 heavy (non-hydrogen) atoms. The number of nitrogens with two attached hydrogens (primary N) is 1. The molecule has 1 heterocycles. The van der Waals surface area contributed by atoms with E-state index < -0.39 is 0 Å². The van der Waals surface area contributed by atoms with Gasteiger partial charge in [0.2, 0.25) is 0 Å². The molecule has 1 aromatic heterocycles. The minimum absolute atomic E-state index is 0.0146. The number of methoxy groups -OCH3 is 1. The van der Waals surface area contributed by atoms with Crippen molar-refractivity contribution in [2.75, 3.05) is 7.11 Å². The average Bonchev–Trinajstić information content (AvgIpc) is 2.83. The standard InChI is InChI=1S/C11H11ClN4O2/c1-18-8-2-3-9(11(13)15-17)10(4-8)16-6-7(12)5-14-16/h2-6,17H,1H3,(H2,13,15). The van der Waals surface area contributed by atoms with Crippen molar-refractivity contribution < 1.29 is 9.94 Å². The molecule has 94 valence electrons. The molecule has 0 aliphatic rings.